The van der Waals surface area contributed by atoms with Crippen LogP contribution in [0.4, 0.5) is 4.79 Å². The van der Waals surface area contributed by atoms with Crippen molar-refractivity contribution in [3.63, 3.8) is 0 Å². The average Bonchev–Trinajstić information content (AvgIpc) is 1.64. The highest BCUT2D eigenvalue weighted by Crippen LogP contribution is 1.82. The molecule has 0 unspecified atom stereocenters. The van der Waals surface area contributed by atoms with Crippen LogP contribution in [0, 0.1) is 0 Å². The van der Waals surface area contributed by atoms with Crippen LogP contribution < -0.4 is 5.73 Å². The fourth-order valence-electron chi connectivity index (χ4n) is 0.104. The van der Waals surface area contributed by atoms with Crippen LogP contribution in [-0.4, -0.2) is 34.3 Å². The Morgan fingerprint density at radius 3 is 1.80 bits per heavy atom. The van der Waals surface area contributed by atoms with Gasteiger partial charge in [0, 0.05) is 0 Å². The Morgan fingerprint density at radius 1 is 1.50 bits per heavy atom. The molecule has 0 aromatic heterocycles. The summed E-state index contributed by atoms with van der Waals surface area (Å²) in [6.07, 6.45) is -1.56. The van der Waals surface area contributed by atoms with Crippen LogP contribution in [0.5, 0.6) is 0 Å². The van der Waals surface area contributed by atoms with Crippen LogP contribution in [0.3, 0.4) is 0 Å². The largest absolute Gasteiger partial charge is 0.450 e. The van der Waals surface area contributed by atoms with Gasteiger partial charge in [-0.05, 0) is 0 Å². The van der Waals surface area contributed by atoms with Crippen molar-refractivity contribution in [2.75, 3.05) is 0 Å². The third kappa shape index (κ3) is 15.7. The number of nitrogens with two attached hydrogens (primary N) is 1. The molecule has 0 heterocycles. The highest BCUT2D eigenvalue weighted by molar-refractivity contribution is 7.81. The van der Waals surface area contributed by atoms with Crippen LogP contribution in [0.2, 0.25) is 0 Å². The zero-order valence-corrected chi connectivity index (χ0v) is 7.83. The van der Waals surface area contributed by atoms with Gasteiger partial charge in [-0.2, -0.15) is 8.42 Å². The molecule has 0 aliphatic rings. The fraction of sp³-hybridized carbons (Fsp3) is 0. The molecule has 1 amide bonds. The smallest absolute Gasteiger partial charge is 0.442 e. The van der Waals surface area contributed by atoms with Crippen molar-refractivity contribution >= 4 is 27.0 Å². The first kappa shape index (κ1) is 12.1. The monoisotopic (exact) mass is 189 g/mol. The molecular formula is CH7NO6SSi. The lowest BCUT2D eigenvalue weighted by Gasteiger charge is -1.89. The summed E-state index contributed by atoms with van der Waals surface area (Å²) in [6.45, 7) is 0. The van der Waals surface area contributed by atoms with E-state index in [2.05, 4.69) is 9.92 Å². The van der Waals surface area contributed by atoms with Crippen LogP contribution in [-0.2, 0) is 14.6 Å². The summed E-state index contributed by atoms with van der Waals surface area (Å²) in [4.78, 5) is 16.6. The molecule has 0 fully saturated rings. The molecule has 62 valence electrons. The van der Waals surface area contributed by atoms with Gasteiger partial charge in [0.2, 0.25) is 0 Å². The Balaban J connectivity index is 0. The van der Waals surface area contributed by atoms with E-state index in [1.165, 1.54) is 0 Å². The van der Waals surface area contributed by atoms with Gasteiger partial charge in [0.25, 0.3) is 0 Å². The standard InChI is InChI=1S/CH3NO5S.H4OSi/c2-1(3)7-8(4,5)6;1-2/h(H2,2,3)(H,4,5,6);1H,2H3. The Kier molecular flexibility index (Phi) is 6.24. The molecule has 10 heavy (non-hydrogen) atoms. The maximum absolute atomic E-state index is 9.48. The second-order valence-electron chi connectivity index (χ2n) is 0.830. The topological polar surface area (TPSA) is 127 Å². The average molecular weight is 189 g/mol. The summed E-state index contributed by atoms with van der Waals surface area (Å²) < 4.78 is 29.7. The van der Waals surface area contributed by atoms with E-state index >= 15 is 0 Å². The second-order valence-corrected chi connectivity index (χ2v) is 1.85. The van der Waals surface area contributed by atoms with Crippen molar-refractivity contribution in [1.82, 2.24) is 0 Å². The van der Waals surface area contributed by atoms with E-state index in [4.69, 9.17) is 9.35 Å². The SMILES string of the molecule is NC(=O)OS(=O)(=O)O.O[SiH3]. The number of carbonyl (C=O) groups is 1. The molecule has 0 bridgehead atoms. The second kappa shape index (κ2) is 5.17. The van der Waals surface area contributed by atoms with Crippen molar-refractivity contribution in [1.29, 1.82) is 0 Å². The van der Waals surface area contributed by atoms with Crippen LogP contribution >= 0.6 is 0 Å². The van der Waals surface area contributed by atoms with E-state index < -0.39 is 16.5 Å². The van der Waals surface area contributed by atoms with Gasteiger partial charge in [0.05, 0.1) is 0 Å². The molecule has 0 radical (unpaired) electrons. The molecule has 0 rings (SSSR count). The highest BCUT2D eigenvalue weighted by Gasteiger charge is 2.06. The molecule has 9 heteroatoms. The first-order valence-corrected chi connectivity index (χ1v) is 4.09. The minimum atomic E-state index is -4.70. The molecule has 0 saturated heterocycles. The lowest BCUT2D eigenvalue weighted by atomic mass is 11.3. The highest BCUT2D eigenvalue weighted by atomic mass is 32.3. The molecule has 0 saturated carbocycles. The van der Waals surface area contributed by atoms with E-state index in [0.29, 0.717) is 10.5 Å². The van der Waals surface area contributed by atoms with E-state index in [1.54, 1.807) is 0 Å². The van der Waals surface area contributed by atoms with Crippen molar-refractivity contribution in [3.05, 3.63) is 0 Å². The van der Waals surface area contributed by atoms with Gasteiger partial charge in [-0.25, -0.2) is 4.79 Å². The summed E-state index contributed by atoms with van der Waals surface area (Å²) in [5.41, 5.74) is 4.18. The summed E-state index contributed by atoms with van der Waals surface area (Å²) in [6, 6.07) is 0. The molecule has 0 spiro atoms. The van der Waals surface area contributed by atoms with Gasteiger partial charge in [-0.15, -0.1) is 0 Å². The maximum Gasteiger partial charge on any atom is 0.450 e. The summed E-state index contributed by atoms with van der Waals surface area (Å²) in [5, 5.41) is 0. The van der Waals surface area contributed by atoms with Crippen LogP contribution in [0.1, 0.15) is 0 Å². The van der Waals surface area contributed by atoms with Crippen molar-refractivity contribution < 1.29 is 26.7 Å². The molecule has 0 aliphatic carbocycles. The van der Waals surface area contributed by atoms with Crippen molar-refractivity contribution in [2.24, 2.45) is 5.73 Å². The number of hydrogen-bond donors (Lipinski definition) is 3. The summed E-state index contributed by atoms with van der Waals surface area (Å²) in [7, 11) is -4.39. The van der Waals surface area contributed by atoms with Crippen LogP contribution in [0.25, 0.3) is 0 Å². The quantitative estimate of drug-likeness (QED) is 0.301. The molecule has 0 aromatic rings. The summed E-state index contributed by atoms with van der Waals surface area (Å²) >= 11 is 0. The maximum atomic E-state index is 9.48. The van der Waals surface area contributed by atoms with Gasteiger partial charge in [-0.1, -0.05) is 0 Å². The molecular weight excluding hydrogens is 182 g/mol. The van der Waals surface area contributed by atoms with Crippen LogP contribution in [0.15, 0.2) is 0 Å². The zero-order chi connectivity index (χ0) is 8.78. The number of carbonyl (C=O) groups excluding carboxylic acids is 1. The van der Waals surface area contributed by atoms with Gasteiger partial charge >= 0.3 is 16.5 Å². The Labute approximate surface area is 60.3 Å². The normalized spacial score (nSPS) is 9.40. The molecule has 0 atom stereocenters. The Bertz CT molecular complexity index is 184. The lowest BCUT2D eigenvalue weighted by molar-refractivity contribution is 0.206. The molecule has 0 aliphatic heterocycles. The molecule has 7 nitrogen and oxygen atoms in total. The molecule has 0 aromatic carbocycles. The first-order valence-electron chi connectivity index (χ1n) is 1.83. The van der Waals surface area contributed by atoms with Gasteiger partial charge in [0.15, 0.2) is 0 Å². The zero-order valence-electron chi connectivity index (χ0n) is 5.01. The van der Waals surface area contributed by atoms with Crippen molar-refractivity contribution in [2.45, 2.75) is 0 Å². The minimum Gasteiger partial charge on any atom is -0.442 e. The van der Waals surface area contributed by atoms with Gasteiger partial charge in [0.1, 0.15) is 10.5 Å². The van der Waals surface area contributed by atoms with Crippen molar-refractivity contribution in [3.8, 4) is 0 Å². The Morgan fingerprint density at radius 2 is 1.80 bits per heavy atom. The van der Waals surface area contributed by atoms with Gasteiger partial charge in [-0.3, -0.25) is 4.55 Å². The lowest BCUT2D eigenvalue weighted by Crippen LogP contribution is -2.17. The van der Waals surface area contributed by atoms with Gasteiger partial charge < -0.3 is 14.7 Å². The summed E-state index contributed by atoms with van der Waals surface area (Å²) in [5.74, 6) is 0. The number of primary amides is 1. The fourth-order valence-corrected chi connectivity index (χ4v) is 0.311. The van der Waals surface area contributed by atoms with E-state index in [-0.39, 0.29) is 0 Å². The first-order chi connectivity index (χ1) is 4.42. The molecule has 4 N–H and O–H groups in total. The number of amides is 1. The predicted octanol–water partition coefficient (Wildman–Crippen LogP) is -2.86. The van der Waals surface area contributed by atoms with E-state index in [9.17, 15) is 13.2 Å². The third-order valence-electron chi connectivity index (χ3n) is 0.187. The Hall–Kier alpha value is -0.643. The number of hydrogen-bond acceptors (Lipinski definition) is 5. The third-order valence-corrected chi connectivity index (χ3v) is 0.562. The van der Waals surface area contributed by atoms with E-state index in [1.807, 2.05) is 0 Å². The minimum absolute atomic E-state index is 0.306. The van der Waals surface area contributed by atoms with E-state index in [0.717, 1.165) is 0 Å². The predicted molar refractivity (Wildman–Crippen MR) is 34.4 cm³/mol. The number of rotatable bonds is 1.